The van der Waals surface area contributed by atoms with E-state index in [0.29, 0.717) is 29.8 Å². The minimum absolute atomic E-state index is 0. The Labute approximate surface area is 129 Å². The Morgan fingerprint density at radius 3 is 2.59 bits per heavy atom. The maximum absolute atomic E-state index is 10.8. The highest BCUT2D eigenvalue weighted by Gasteiger charge is 2.32. The zero-order valence-electron chi connectivity index (χ0n) is 12.8. The number of pyridine rings is 1. The van der Waals surface area contributed by atoms with Crippen LogP contribution in [0.5, 0.6) is 11.5 Å². The molecule has 0 unspecified atom stereocenters. The van der Waals surface area contributed by atoms with Gasteiger partial charge in [0.1, 0.15) is 6.04 Å². The van der Waals surface area contributed by atoms with Gasteiger partial charge in [-0.05, 0) is 6.42 Å². The molecule has 0 saturated carbocycles. The van der Waals surface area contributed by atoms with Crippen LogP contribution in [0.15, 0.2) is 6.20 Å². The highest BCUT2D eigenvalue weighted by atomic mass is 16.5. The van der Waals surface area contributed by atoms with Crippen LogP contribution in [0.2, 0.25) is 0 Å². The Balaban J connectivity index is 0.000000409. The number of carboxylic acids is 1. The summed E-state index contributed by atoms with van der Waals surface area (Å²) in [6, 6.07) is -0.590. The molecule has 0 radical (unpaired) electrons. The van der Waals surface area contributed by atoms with Gasteiger partial charge in [0.15, 0.2) is 11.5 Å². The molecule has 8 heteroatoms. The third kappa shape index (κ3) is 3.85. The number of likely N-dealkylation sites (N-methyl/N-ethyl adjacent to an activating group) is 1. The molecule has 0 spiro atoms. The first-order valence-corrected chi connectivity index (χ1v) is 6.69. The number of carboxylic acid groups (broad SMARTS) is 1. The molecule has 4 N–H and O–H groups in total. The van der Waals surface area contributed by atoms with Gasteiger partial charge in [0, 0.05) is 21.8 Å². The number of aliphatic hydroxyl groups excluding tert-OH is 1. The van der Waals surface area contributed by atoms with Gasteiger partial charge < -0.3 is 25.0 Å². The molecule has 0 aromatic carbocycles. The first-order chi connectivity index (χ1) is 10.3. The van der Waals surface area contributed by atoms with E-state index < -0.39 is 12.0 Å². The fraction of sp³-hybridized carbons (Fsp3) is 0.500. The number of hydrogen-bond donors (Lipinski definition) is 3. The molecule has 0 bridgehead atoms. The molecule has 1 aromatic heterocycles. The van der Waals surface area contributed by atoms with Gasteiger partial charge >= 0.3 is 5.97 Å². The summed E-state index contributed by atoms with van der Waals surface area (Å²) in [6.45, 7) is 1.48. The lowest BCUT2D eigenvalue weighted by molar-refractivity contribution is -0.389. The average Bonchev–Trinajstić information content (AvgIpc) is 2.82. The Kier molecular flexibility index (Phi) is 6.11. The predicted molar refractivity (Wildman–Crippen MR) is 77.4 cm³/mol. The molecule has 1 amide bonds. The van der Waals surface area contributed by atoms with Crippen LogP contribution in [0.1, 0.15) is 25.5 Å². The number of rotatable bonds is 3. The van der Waals surface area contributed by atoms with Crippen LogP contribution in [0.3, 0.4) is 0 Å². The third-order valence-corrected chi connectivity index (χ3v) is 3.51. The van der Waals surface area contributed by atoms with Gasteiger partial charge in [-0.3, -0.25) is 4.79 Å². The number of nitrogens with zero attached hydrogens (tertiary/aromatic N) is 1. The number of hydrogen-bond acceptors (Lipinski definition) is 5. The topological polar surface area (TPSA) is 121 Å². The number of likely N-dealkylation sites (tertiary alicyclic amines) is 1. The SMILES string of the molecule is CN1C(=O)CC[C@H]1C(=O)O.COc1c[nH+]c(C)c(O)c1CO.[HH]. The fourth-order valence-electron chi connectivity index (χ4n) is 2.10. The third-order valence-electron chi connectivity index (χ3n) is 3.51. The monoisotopic (exact) mass is 315 g/mol. The largest absolute Gasteiger partial charge is 0.502 e. The van der Waals surface area contributed by atoms with Gasteiger partial charge in [0.05, 0.1) is 19.3 Å². The quantitative estimate of drug-likeness (QED) is 0.719. The van der Waals surface area contributed by atoms with Crippen molar-refractivity contribution in [3.63, 3.8) is 0 Å². The molecule has 1 atom stereocenters. The second kappa shape index (κ2) is 7.60. The van der Waals surface area contributed by atoms with Crippen molar-refractivity contribution in [3.8, 4) is 11.5 Å². The highest BCUT2D eigenvalue weighted by Crippen LogP contribution is 2.26. The van der Waals surface area contributed by atoms with Crippen molar-refractivity contribution in [3.05, 3.63) is 17.5 Å². The number of methoxy groups -OCH3 is 1. The number of aliphatic carboxylic acids is 1. The summed E-state index contributed by atoms with van der Waals surface area (Å²) in [5.41, 5.74) is 1.02. The number of H-pyrrole nitrogens is 1. The number of carbonyl (C=O) groups is 2. The number of nitrogens with one attached hydrogen (secondary N) is 1. The summed E-state index contributed by atoms with van der Waals surface area (Å²) >= 11 is 0. The second-order valence-corrected chi connectivity index (χ2v) is 4.86. The van der Waals surface area contributed by atoms with Crippen molar-refractivity contribution in [1.29, 1.82) is 0 Å². The van der Waals surface area contributed by atoms with Gasteiger partial charge in [-0.25, -0.2) is 9.78 Å². The fourth-order valence-corrected chi connectivity index (χ4v) is 2.10. The van der Waals surface area contributed by atoms with Crippen molar-refractivity contribution in [2.24, 2.45) is 0 Å². The first-order valence-electron chi connectivity index (χ1n) is 6.69. The lowest BCUT2D eigenvalue weighted by atomic mass is 10.2. The molecule has 2 heterocycles. The van der Waals surface area contributed by atoms with E-state index in [2.05, 4.69) is 4.98 Å². The van der Waals surface area contributed by atoms with Crippen molar-refractivity contribution < 1.29 is 36.1 Å². The van der Waals surface area contributed by atoms with Crippen LogP contribution in [0.25, 0.3) is 0 Å². The van der Waals surface area contributed by atoms with Crippen LogP contribution >= 0.6 is 0 Å². The van der Waals surface area contributed by atoms with Crippen molar-refractivity contribution in [2.45, 2.75) is 32.4 Å². The molecule has 1 aromatic rings. The Hall–Kier alpha value is -2.35. The van der Waals surface area contributed by atoms with Crippen LogP contribution in [0, 0.1) is 6.92 Å². The first kappa shape index (κ1) is 17.7. The predicted octanol–water partition coefficient (Wildman–Crippen LogP) is -0.0466. The standard InChI is InChI=1S/C8H11NO3.C6H9NO3.H2/c1-5-8(11)6(4-10)7(12-2)3-9-5;1-7-4(6(9)10)2-3-5(7)8;/h3,10-11H,4H2,1-2H3;4H,2-3H2,1H3,(H,9,10);1H/p+1/t;4-;/m.0./s1. The van der Waals surface area contributed by atoms with Gasteiger partial charge in [-0.1, -0.05) is 0 Å². The minimum Gasteiger partial charge on any atom is -0.502 e. The second-order valence-electron chi connectivity index (χ2n) is 4.86. The molecule has 2 rings (SSSR count). The molecule has 1 fully saturated rings. The maximum atomic E-state index is 10.8. The summed E-state index contributed by atoms with van der Waals surface area (Å²) in [6.07, 6.45) is 2.42. The van der Waals surface area contributed by atoms with Crippen LogP contribution in [-0.2, 0) is 16.2 Å². The molecule has 8 nitrogen and oxygen atoms in total. The Bertz CT molecular complexity index is 566. The summed E-state index contributed by atoms with van der Waals surface area (Å²) < 4.78 is 4.92. The van der Waals surface area contributed by atoms with Gasteiger partial charge in [0.2, 0.25) is 17.8 Å². The van der Waals surface area contributed by atoms with Crippen LogP contribution in [-0.4, -0.2) is 52.3 Å². The normalized spacial score (nSPS) is 17.0. The number of aliphatic hydroxyl groups is 1. The molecular formula is C14H23N2O6+. The Morgan fingerprint density at radius 1 is 1.59 bits per heavy atom. The van der Waals surface area contributed by atoms with Crippen molar-refractivity contribution >= 4 is 11.9 Å². The van der Waals surface area contributed by atoms with E-state index in [9.17, 15) is 14.7 Å². The maximum Gasteiger partial charge on any atom is 0.326 e. The zero-order chi connectivity index (χ0) is 16.9. The van der Waals surface area contributed by atoms with E-state index >= 15 is 0 Å². The highest BCUT2D eigenvalue weighted by molar-refractivity contribution is 5.87. The van der Waals surface area contributed by atoms with Gasteiger partial charge in [0.25, 0.3) is 0 Å². The summed E-state index contributed by atoms with van der Waals surface area (Å²) in [5.74, 6) is -0.474. The molecule has 1 saturated heterocycles. The lowest BCUT2D eigenvalue weighted by Crippen LogP contribution is -2.34. The van der Waals surface area contributed by atoms with E-state index in [1.54, 1.807) is 13.1 Å². The van der Waals surface area contributed by atoms with Gasteiger partial charge in [-0.2, -0.15) is 0 Å². The van der Waals surface area contributed by atoms with Crippen molar-refractivity contribution in [1.82, 2.24) is 4.90 Å². The molecule has 0 aliphatic carbocycles. The number of ether oxygens (including phenoxy) is 1. The lowest BCUT2D eigenvalue weighted by Gasteiger charge is -2.14. The van der Waals surface area contributed by atoms with Gasteiger partial charge in [-0.15, -0.1) is 0 Å². The minimum atomic E-state index is -0.909. The molecule has 124 valence electrons. The number of aromatic amines is 1. The van der Waals surface area contributed by atoms with Crippen LogP contribution in [0.4, 0.5) is 0 Å². The van der Waals surface area contributed by atoms with E-state index in [1.807, 2.05) is 0 Å². The van der Waals surface area contributed by atoms with E-state index in [4.69, 9.17) is 14.9 Å². The molecule has 1 aliphatic rings. The summed E-state index contributed by atoms with van der Waals surface area (Å²) in [7, 11) is 3.01. The molecule has 1 aliphatic heterocycles. The summed E-state index contributed by atoms with van der Waals surface area (Å²) in [4.78, 5) is 25.2. The molecule has 22 heavy (non-hydrogen) atoms. The zero-order valence-corrected chi connectivity index (χ0v) is 12.8. The van der Waals surface area contributed by atoms with E-state index in [-0.39, 0.29) is 19.7 Å². The summed E-state index contributed by atoms with van der Waals surface area (Å²) in [5, 5.41) is 26.8. The average molecular weight is 315 g/mol. The number of carbonyl (C=O) groups excluding carboxylic acids is 1. The molecular weight excluding hydrogens is 292 g/mol. The van der Waals surface area contributed by atoms with E-state index in [1.165, 1.54) is 19.1 Å². The van der Waals surface area contributed by atoms with E-state index in [0.717, 1.165) is 0 Å². The van der Waals surface area contributed by atoms with Crippen LogP contribution < -0.4 is 9.72 Å². The Morgan fingerprint density at radius 2 is 2.23 bits per heavy atom. The number of amides is 1. The van der Waals surface area contributed by atoms with Crippen molar-refractivity contribution in [2.75, 3.05) is 14.2 Å². The number of aryl methyl sites for hydroxylation is 1. The smallest absolute Gasteiger partial charge is 0.326 e. The number of aromatic hydroxyl groups is 1. The number of aromatic nitrogens is 1.